The van der Waals surface area contributed by atoms with Crippen LogP contribution in [0, 0.1) is 5.82 Å². The molecule has 0 aromatic carbocycles. The van der Waals surface area contributed by atoms with Crippen LogP contribution in [0.25, 0.3) is 0 Å². The van der Waals surface area contributed by atoms with Crippen LogP contribution in [0.5, 0.6) is 0 Å². The highest BCUT2D eigenvalue weighted by molar-refractivity contribution is 5.97. The molecule has 1 saturated carbocycles. The highest BCUT2D eigenvalue weighted by atomic mass is 19.3. The van der Waals surface area contributed by atoms with E-state index in [1.54, 1.807) is 0 Å². The molecule has 0 saturated heterocycles. The molecule has 1 aliphatic carbocycles. The lowest BCUT2D eigenvalue weighted by Gasteiger charge is -2.36. The summed E-state index contributed by atoms with van der Waals surface area (Å²) in [6.07, 6.45) is 1.31. The molecule has 110 valence electrons. The summed E-state index contributed by atoms with van der Waals surface area (Å²) in [6, 6.07) is -1.25. The second kappa shape index (κ2) is 5.28. The third-order valence-electron chi connectivity index (χ3n) is 3.39. The second-order valence-electron chi connectivity index (χ2n) is 4.84. The van der Waals surface area contributed by atoms with E-state index in [2.05, 4.69) is 10.3 Å². The maximum absolute atomic E-state index is 13.5. The monoisotopic (exact) mass is 288 g/mol. The van der Waals surface area contributed by atoms with Crippen molar-refractivity contribution in [3.63, 3.8) is 0 Å². The molecule has 0 radical (unpaired) electrons. The highest BCUT2D eigenvalue weighted by Gasteiger charge is 2.44. The minimum Gasteiger partial charge on any atom is -0.365 e. The Balaban J connectivity index is 2.24. The van der Waals surface area contributed by atoms with Crippen molar-refractivity contribution in [2.24, 2.45) is 11.5 Å². The Kier molecular flexibility index (Phi) is 3.85. The van der Waals surface area contributed by atoms with Gasteiger partial charge in [-0.25, -0.2) is 18.2 Å². The molecule has 1 aromatic rings. The number of primary amides is 1. The zero-order valence-electron chi connectivity index (χ0n) is 10.6. The molecule has 5 nitrogen and oxygen atoms in total. The Hall–Kier alpha value is -1.83. The molecule has 1 aliphatic rings. The molecule has 0 bridgehead atoms. The van der Waals surface area contributed by atoms with Crippen LogP contribution in [0.3, 0.4) is 0 Å². The van der Waals surface area contributed by atoms with Gasteiger partial charge in [-0.2, -0.15) is 0 Å². The molecule has 1 heterocycles. The Bertz CT molecular complexity index is 523. The van der Waals surface area contributed by atoms with Gasteiger partial charge in [0.05, 0.1) is 17.8 Å². The zero-order valence-corrected chi connectivity index (χ0v) is 10.6. The number of nitrogens with one attached hydrogen (secondary N) is 1. The van der Waals surface area contributed by atoms with Gasteiger partial charge in [0.2, 0.25) is 0 Å². The first-order valence-corrected chi connectivity index (χ1v) is 6.16. The number of anilines is 1. The molecular formula is C12H15F3N4O. The topological polar surface area (TPSA) is 94.0 Å². The second-order valence-corrected chi connectivity index (χ2v) is 4.84. The van der Waals surface area contributed by atoms with Crippen molar-refractivity contribution < 1.29 is 18.0 Å². The van der Waals surface area contributed by atoms with Crippen molar-refractivity contribution >= 4 is 11.7 Å². The predicted octanol–water partition coefficient (Wildman–Crippen LogP) is 1.25. The number of pyridine rings is 1. The molecule has 1 amide bonds. The summed E-state index contributed by atoms with van der Waals surface area (Å²) in [6.45, 7) is 0. The summed E-state index contributed by atoms with van der Waals surface area (Å²) in [4.78, 5) is 14.9. The quantitative estimate of drug-likeness (QED) is 0.780. The van der Waals surface area contributed by atoms with Gasteiger partial charge in [0, 0.05) is 12.5 Å². The lowest BCUT2D eigenvalue weighted by Crippen LogP contribution is -2.55. The molecule has 20 heavy (non-hydrogen) atoms. The van der Waals surface area contributed by atoms with Gasteiger partial charge in [-0.1, -0.05) is 0 Å². The summed E-state index contributed by atoms with van der Waals surface area (Å²) in [5, 5.41) is 2.68. The Morgan fingerprint density at radius 2 is 2.20 bits per heavy atom. The fourth-order valence-corrected chi connectivity index (χ4v) is 2.28. The van der Waals surface area contributed by atoms with Crippen LogP contribution in [0.1, 0.15) is 29.6 Å². The largest absolute Gasteiger partial charge is 0.365 e. The molecule has 5 N–H and O–H groups in total. The van der Waals surface area contributed by atoms with Crippen LogP contribution in [0.15, 0.2) is 12.3 Å². The summed E-state index contributed by atoms with van der Waals surface area (Å²) in [5.74, 6) is -4.64. The fraction of sp³-hybridized carbons (Fsp3) is 0.500. The third kappa shape index (κ3) is 2.84. The molecule has 0 aliphatic heterocycles. The lowest BCUT2D eigenvalue weighted by atomic mass is 9.87. The van der Waals surface area contributed by atoms with Gasteiger partial charge < -0.3 is 16.8 Å². The Morgan fingerprint density at radius 1 is 1.50 bits per heavy atom. The summed E-state index contributed by atoms with van der Waals surface area (Å²) in [7, 11) is 0. The van der Waals surface area contributed by atoms with E-state index < -0.39 is 29.7 Å². The number of hydrogen-bond donors (Lipinski definition) is 3. The third-order valence-corrected chi connectivity index (χ3v) is 3.39. The number of amides is 1. The summed E-state index contributed by atoms with van der Waals surface area (Å²) in [5.41, 5.74) is 10.5. The maximum atomic E-state index is 13.5. The number of nitrogens with zero attached hydrogens (tertiary/aromatic N) is 1. The maximum Gasteiger partial charge on any atom is 0.264 e. The van der Waals surface area contributed by atoms with Crippen molar-refractivity contribution in [2.45, 2.75) is 37.3 Å². The summed E-state index contributed by atoms with van der Waals surface area (Å²) >= 11 is 0. The van der Waals surface area contributed by atoms with Crippen molar-refractivity contribution in [3.05, 3.63) is 23.6 Å². The summed E-state index contributed by atoms with van der Waals surface area (Å²) < 4.78 is 40.1. The van der Waals surface area contributed by atoms with Crippen LogP contribution in [-0.4, -0.2) is 28.9 Å². The first kappa shape index (κ1) is 14.6. The van der Waals surface area contributed by atoms with E-state index >= 15 is 0 Å². The number of hydrogen-bond acceptors (Lipinski definition) is 4. The number of alkyl halides is 2. The van der Waals surface area contributed by atoms with Gasteiger partial charge >= 0.3 is 0 Å². The molecule has 2 atom stereocenters. The highest BCUT2D eigenvalue weighted by Crippen LogP contribution is 2.33. The normalized spacial score (nSPS) is 25.2. The molecule has 8 heteroatoms. The number of carbonyl (C=O) groups is 1. The van der Waals surface area contributed by atoms with Crippen LogP contribution < -0.4 is 16.8 Å². The molecular weight excluding hydrogens is 273 g/mol. The van der Waals surface area contributed by atoms with E-state index in [1.165, 1.54) is 0 Å². The van der Waals surface area contributed by atoms with Crippen molar-refractivity contribution in [1.29, 1.82) is 0 Å². The molecule has 0 spiro atoms. The average Bonchev–Trinajstić information content (AvgIpc) is 2.36. The Labute approximate surface area is 113 Å². The Morgan fingerprint density at radius 3 is 2.85 bits per heavy atom. The number of nitrogens with two attached hydrogens (primary N) is 2. The number of rotatable bonds is 3. The molecule has 1 aromatic heterocycles. The van der Waals surface area contributed by atoms with Gasteiger partial charge in [-0.05, 0) is 18.9 Å². The van der Waals surface area contributed by atoms with Crippen molar-refractivity contribution in [2.75, 3.05) is 5.32 Å². The van der Waals surface area contributed by atoms with Gasteiger partial charge in [-0.15, -0.1) is 0 Å². The van der Waals surface area contributed by atoms with Gasteiger partial charge in [-0.3, -0.25) is 4.79 Å². The van der Waals surface area contributed by atoms with Gasteiger partial charge in [0.25, 0.3) is 11.8 Å². The first-order valence-electron chi connectivity index (χ1n) is 6.16. The van der Waals surface area contributed by atoms with Crippen molar-refractivity contribution in [1.82, 2.24) is 4.98 Å². The fourth-order valence-electron chi connectivity index (χ4n) is 2.28. The smallest absolute Gasteiger partial charge is 0.264 e. The average molecular weight is 288 g/mol. The molecule has 1 fully saturated rings. The van der Waals surface area contributed by atoms with E-state index in [0.29, 0.717) is 12.8 Å². The van der Waals surface area contributed by atoms with Gasteiger partial charge in [0.1, 0.15) is 11.6 Å². The molecule has 0 unspecified atom stereocenters. The SMILES string of the molecule is NC(=O)c1cc(F)cnc1N[C@@H]1CCCC(F)(F)[C@@H]1N. The van der Waals surface area contributed by atoms with E-state index in [-0.39, 0.29) is 17.8 Å². The minimum absolute atomic E-state index is 0.0305. The van der Waals surface area contributed by atoms with Crippen LogP contribution >= 0.6 is 0 Å². The van der Waals surface area contributed by atoms with Crippen molar-refractivity contribution in [3.8, 4) is 0 Å². The van der Waals surface area contributed by atoms with E-state index in [4.69, 9.17) is 11.5 Å². The van der Waals surface area contributed by atoms with E-state index in [1.807, 2.05) is 0 Å². The van der Waals surface area contributed by atoms with Crippen LogP contribution in [0.2, 0.25) is 0 Å². The standard InChI is InChI=1S/C12H15F3N4O/c13-6-4-7(10(17)20)11(18-5-6)19-8-2-1-3-12(14,15)9(8)16/h4-5,8-9H,1-3,16H2,(H2,17,20)(H,18,19)/t8-,9-/m1/s1. The molecule has 2 rings (SSSR count). The number of halogens is 3. The van der Waals surface area contributed by atoms with Gasteiger partial charge in [0.15, 0.2) is 0 Å². The minimum atomic E-state index is -2.98. The zero-order chi connectivity index (χ0) is 14.9. The predicted molar refractivity (Wildman–Crippen MR) is 66.9 cm³/mol. The number of aromatic nitrogens is 1. The van der Waals surface area contributed by atoms with E-state index in [0.717, 1.165) is 12.3 Å². The van der Waals surface area contributed by atoms with E-state index in [9.17, 15) is 18.0 Å². The van der Waals surface area contributed by atoms with Crippen LogP contribution in [0.4, 0.5) is 19.0 Å². The lowest BCUT2D eigenvalue weighted by molar-refractivity contribution is -0.0554. The van der Waals surface area contributed by atoms with Crippen LogP contribution in [-0.2, 0) is 0 Å². The number of carbonyl (C=O) groups excluding carboxylic acids is 1. The first-order chi connectivity index (χ1) is 9.31.